The minimum atomic E-state index is -0.166. The van der Waals surface area contributed by atoms with Gasteiger partial charge in [0.2, 0.25) is 0 Å². The molecule has 0 bridgehead atoms. The van der Waals surface area contributed by atoms with Crippen LogP contribution in [0.1, 0.15) is 19.8 Å². The Kier molecular flexibility index (Phi) is 2.92. The third kappa shape index (κ3) is 5.21. The van der Waals surface area contributed by atoms with E-state index in [1.807, 2.05) is 0 Å². The lowest BCUT2D eigenvalue weighted by Crippen LogP contribution is -2.02. The van der Waals surface area contributed by atoms with Crippen LogP contribution in [-0.2, 0) is 4.79 Å². The second kappa shape index (κ2) is 3.24. The molecule has 0 heterocycles. The minimum absolute atomic E-state index is 0.0435. The minimum Gasteiger partial charge on any atom is -0.876 e. The van der Waals surface area contributed by atoms with E-state index in [0.717, 1.165) is 0 Å². The predicted molar refractivity (Wildman–Crippen MR) is 29.1 cm³/mol. The summed E-state index contributed by atoms with van der Waals surface area (Å²) in [4.78, 5) is 10.2. The molecule has 0 rings (SSSR count). The molecule has 0 N–H and O–H groups in total. The number of rotatable bonds is 3. The molecule has 0 saturated carbocycles. The molecule has 46 valence electrons. The van der Waals surface area contributed by atoms with Crippen LogP contribution < -0.4 is 5.11 Å². The van der Waals surface area contributed by atoms with Gasteiger partial charge in [0.1, 0.15) is 5.78 Å². The lowest BCUT2D eigenvalue weighted by Gasteiger charge is -2.04. The first-order valence-corrected chi connectivity index (χ1v) is 2.47. The fourth-order valence-corrected chi connectivity index (χ4v) is 0.315. The lowest BCUT2D eigenvalue weighted by molar-refractivity contribution is -0.305. The van der Waals surface area contributed by atoms with Crippen LogP contribution in [0.4, 0.5) is 0 Å². The van der Waals surface area contributed by atoms with Gasteiger partial charge in [0, 0.05) is 6.42 Å². The second-order valence-electron chi connectivity index (χ2n) is 1.74. The van der Waals surface area contributed by atoms with E-state index in [0.29, 0.717) is 6.42 Å². The number of hydrogen-bond donors (Lipinski definition) is 0. The van der Waals surface area contributed by atoms with E-state index in [-0.39, 0.29) is 18.0 Å². The summed E-state index contributed by atoms with van der Waals surface area (Å²) in [6, 6.07) is 0. The molecule has 0 aliphatic carbocycles. The van der Waals surface area contributed by atoms with Gasteiger partial charge in [-0.2, -0.15) is 0 Å². The van der Waals surface area contributed by atoms with Crippen molar-refractivity contribution in [2.45, 2.75) is 19.8 Å². The van der Waals surface area contributed by atoms with Gasteiger partial charge in [0.15, 0.2) is 0 Å². The highest BCUT2D eigenvalue weighted by molar-refractivity contribution is 5.75. The maximum absolute atomic E-state index is 10.2. The molecule has 0 fully saturated rings. The Balaban J connectivity index is 3.18. The first-order valence-electron chi connectivity index (χ1n) is 2.47. The van der Waals surface area contributed by atoms with E-state index in [4.69, 9.17) is 0 Å². The van der Waals surface area contributed by atoms with Gasteiger partial charge in [0.05, 0.1) is 0 Å². The Morgan fingerprint density at radius 2 is 2.12 bits per heavy atom. The molecule has 8 heavy (non-hydrogen) atoms. The van der Waals surface area contributed by atoms with E-state index < -0.39 is 0 Å². The van der Waals surface area contributed by atoms with Gasteiger partial charge in [-0.25, -0.2) is 0 Å². The van der Waals surface area contributed by atoms with Crippen molar-refractivity contribution in [2.75, 3.05) is 0 Å². The van der Waals surface area contributed by atoms with Gasteiger partial charge in [-0.3, -0.25) is 0 Å². The first kappa shape index (κ1) is 7.21. The number of ketones is 1. The van der Waals surface area contributed by atoms with Gasteiger partial charge < -0.3 is 9.90 Å². The fourth-order valence-electron chi connectivity index (χ4n) is 0.315. The quantitative estimate of drug-likeness (QED) is 0.491. The van der Waals surface area contributed by atoms with Crippen LogP contribution in [0.2, 0.25) is 0 Å². The molecular formula is C6H9O2-. The third-order valence-corrected chi connectivity index (χ3v) is 0.756. The summed E-state index contributed by atoms with van der Waals surface area (Å²) < 4.78 is 0. The maximum atomic E-state index is 10.2. The average molecular weight is 113 g/mol. The monoisotopic (exact) mass is 113 g/mol. The van der Waals surface area contributed by atoms with E-state index in [1.165, 1.54) is 6.92 Å². The largest absolute Gasteiger partial charge is 0.876 e. The van der Waals surface area contributed by atoms with Crippen LogP contribution in [0.5, 0.6) is 0 Å². The molecule has 0 unspecified atom stereocenters. The number of hydrogen-bond acceptors (Lipinski definition) is 2. The molecule has 0 aromatic heterocycles. The molecular weight excluding hydrogens is 104 g/mol. The zero-order chi connectivity index (χ0) is 6.57. The van der Waals surface area contributed by atoms with Crippen LogP contribution in [-0.4, -0.2) is 5.78 Å². The van der Waals surface area contributed by atoms with Crippen LogP contribution >= 0.6 is 0 Å². The lowest BCUT2D eigenvalue weighted by atomic mass is 10.2. The molecule has 0 radical (unpaired) electrons. The van der Waals surface area contributed by atoms with Crippen molar-refractivity contribution in [1.29, 1.82) is 0 Å². The first-order chi connectivity index (χ1) is 3.63. The SMILES string of the molecule is C=C([O-])CCC(C)=O. The standard InChI is InChI=1S/C6H10O2/c1-5(7)3-4-6(2)8/h7H,1,3-4H2,2H3/p-1. The van der Waals surface area contributed by atoms with E-state index in [1.54, 1.807) is 0 Å². The Morgan fingerprint density at radius 3 is 2.25 bits per heavy atom. The summed E-state index contributed by atoms with van der Waals surface area (Å²) in [7, 11) is 0. The molecule has 2 nitrogen and oxygen atoms in total. The summed E-state index contributed by atoms with van der Waals surface area (Å²) in [5, 5.41) is 10.1. The smallest absolute Gasteiger partial charge is 0.130 e. The summed E-state index contributed by atoms with van der Waals surface area (Å²) in [6.07, 6.45) is 0.623. The van der Waals surface area contributed by atoms with Crippen molar-refractivity contribution in [3.05, 3.63) is 12.3 Å². The highest BCUT2D eigenvalue weighted by Crippen LogP contribution is 1.93. The number of carbonyl (C=O) groups is 1. The second-order valence-corrected chi connectivity index (χ2v) is 1.74. The summed E-state index contributed by atoms with van der Waals surface area (Å²) in [5.74, 6) is -0.123. The third-order valence-electron chi connectivity index (χ3n) is 0.756. The molecule has 0 atom stereocenters. The highest BCUT2D eigenvalue weighted by atomic mass is 16.3. The zero-order valence-corrected chi connectivity index (χ0v) is 4.94. The molecule has 0 aromatic carbocycles. The Bertz CT molecular complexity index is 91.1. The van der Waals surface area contributed by atoms with Crippen molar-refractivity contribution in [2.24, 2.45) is 0 Å². The van der Waals surface area contributed by atoms with Crippen LogP contribution in [0.3, 0.4) is 0 Å². The number of carbonyl (C=O) groups excluding carboxylic acids is 1. The molecule has 0 aliphatic heterocycles. The van der Waals surface area contributed by atoms with Crippen molar-refractivity contribution in [3.8, 4) is 0 Å². The van der Waals surface area contributed by atoms with Gasteiger partial charge in [-0.05, 0) is 13.3 Å². The Labute approximate surface area is 48.8 Å². The molecule has 2 heteroatoms. The average Bonchev–Trinajstić information content (AvgIpc) is 1.61. The van der Waals surface area contributed by atoms with Crippen molar-refractivity contribution < 1.29 is 9.90 Å². The maximum Gasteiger partial charge on any atom is 0.130 e. The van der Waals surface area contributed by atoms with Crippen LogP contribution in [0, 0.1) is 0 Å². The van der Waals surface area contributed by atoms with Crippen molar-refractivity contribution in [1.82, 2.24) is 0 Å². The van der Waals surface area contributed by atoms with E-state index in [2.05, 4.69) is 6.58 Å². The number of Topliss-reactive ketones (excluding diaryl/α,β-unsaturated/α-hetero) is 1. The highest BCUT2D eigenvalue weighted by Gasteiger charge is 1.87. The predicted octanol–water partition coefficient (Wildman–Crippen LogP) is 0.230. The van der Waals surface area contributed by atoms with Crippen LogP contribution in [0.25, 0.3) is 0 Å². The molecule has 0 spiro atoms. The Morgan fingerprint density at radius 1 is 1.62 bits per heavy atom. The Hall–Kier alpha value is -0.790. The van der Waals surface area contributed by atoms with Gasteiger partial charge in [-0.15, -0.1) is 12.3 Å². The van der Waals surface area contributed by atoms with E-state index >= 15 is 0 Å². The normalized spacial score (nSPS) is 8.62. The van der Waals surface area contributed by atoms with Crippen molar-refractivity contribution >= 4 is 5.78 Å². The van der Waals surface area contributed by atoms with Crippen molar-refractivity contribution in [3.63, 3.8) is 0 Å². The van der Waals surface area contributed by atoms with Gasteiger partial charge >= 0.3 is 0 Å². The molecule has 0 aromatic rings. The summed E-state index contributed by atoms with van der Waals surface area (Å²) >= 11 is 0. The molecule has 0 aliphatic rings. The summed E-state index contributed by atoms with van der Waals surface area (Å²) in [6.45, 7) is 4.58. The summed E-state index contributed by atoms with van der Waals surface area (Å²) in [5.41, 5.74) is 0. The van der Waals surface area contributed by atoms with Crippen LogP contribution in [0.15, 0.2) is 12.3 Å². The fraction of sp³-hybridized carbons (Fsp3) is 0.500. The topological polar surface area (TPSA) is 40.1 Å². The van der Waals surface area contributed by atoms with Gasteiger partial charge in [-0.1, -0.05) is 0 Å². The van der Waals surface area contributed by atoms with Gasteiger partial charge in [0.25, 0.3) is 0 Å². The number of allylic oxidation sites excluding steroid dienone is 1. The van der Waals surface area contributed by atoms with E-state index in [9.17, 15) is 9.90 Å². The molecule has 0 amide bonds. The zero-order valence-electron chi connectivity index (χ0n) is 4.94. The molecule has 0 saturated heterocycles.